The molecular formula is C13H10ClN3. The van der Waals surface area contributed by atoms with Crippen molar-refractivity contribution < 1.29 is 0 Å². The zero-order valence-electron chi connectivity index (χ0n) is 9.02. The van der Waals surface area contributed by atoms with Crippen LogP contribution < -0.4 is 5.32 Å². The second-order valence-electron chi connectivity index (χ2n) is 3.48. The lowest BCUT2D eigenvalue weighted by molar-refractivity contribution is 1.12. The topological polar surface area (TPSA) is 48.7 Å². The maximum absolute atomic E-state index is 9.01. The highest BCUT2D eigenvalue weighted by Gasteiger charge is 2.05. The summed E-state index contributed by atoms with van der Waals surface area (Å²) in [6, 6.07) is 11.3. The number of hydrogen-bond donors (Lipinski definition) is 1. The first-order valence-corrected chi connectivity index (χ1v) is 5.50. The molecule has 0 amide bonds. The number of rotatable bonds is 3. The third-order valence-electron chi connectivity index (χ3n) is 2.36. The van der Waals surface area contributed by atoms with Crippen molar-refractivity contribution in [1.29, 1.82) is 5.26 Å². The Morgan fingerprint density at radius 2 is 2.00 bits per heavy atom. The van der Waals surface area contributed by atoms with E-state index in [2.05, 4.69) is 16.4 Å². The fourth-order valence-corrected chi connectivity index (χ4v) is 1.70. The Labute approximate surface area is 105 Å². The molecule has 3 nitrogen and oxygen atoms in total. The molecule has 0 aliphatic heterocycles. The van der Waals surface area contributed by atoms with Gasteiger partial charge in [0, 0.05) is 18.9 Å². The summed E-state index contributed by atoms with van der Waals surface area (Å²) in [6.07, 6.45) is 3.47. The van der Waals surface area contributed by atoms with E-state index in [0.29, 0.717) is 17.1 Å². The van der Waals surface area contributed by atoms with Crippen molar-refractivity contribution in [3.8, 4) is 6.07 Å². The van der Waals surface area contributed by atoms with Crippen molar-refractivity contribution in [2.24, 2.45) is 0 Å². The highest BCUT2D eigenvalue weighted by molar-refractivity contribution is 6.32. The van der Waals surface area contributed by atoms with Gasteiger partial charge in [-0.25, -0.2) is 0 Å². The standard InChI is InChI=1S/C13H10ClN3/c14-12-2-1-3-13(11(12)8-15)17-9-10-4-6-16-7-5-10/h1-7,17H,9H2. The van der Waals surface area contributed by atoms with E-state index in [-0.39, 0.29) is 0 Å². The van der Waals surface area contributed by atoms with Crippen molar-refractivity contribution in [2.45, 2.75) is 6.54 Å². The number of anilines is 1. The summed E-state index contributed by atoms with van der Waals surface area (Å²) in [5, 5.41) is 12.7. The summed E-state index contributed by atoms with van der Waals surface area (Å²) in [4.78, 5) is 3.95. The Balaban J connectivity index is 2.15. The maximum Gasteiger partial charge on any atom is 0.103 e. The van der Waals surface area contributed by atoms with E-state index in [9.17, 15) is 0 Å². The van der Waals surface area contributed by atoms with Crippen molar-refractivity contribution in [3.63, 3.8) is 0 Å². The molecule has 0 unspecified atom stereocenters. The van der Waals surface area contributed by atoms with E-state index in [1.54, 1.807) is 18.5 Å². The van der Waals surface area contributed by atoms with Crippen molar-refractivity contribution in [3.05, 3.63) is 58.9 Å². The van der Waals surface area contributed by atoms with Gasteiger partial charge in [0.2, 0.25) is 0 Å². The molecule has 84 valence electrons. The normalized spacial score (nSPS) is 9.65. The fraction of sp³-hybridized carbons (Fsp3) is 0.0769. The molecule has 0 aliphatic rings. The SMILES string of the molecule is N#Cc1c(Cl)cccc1NCc1ccncc1. The quantitative estimate of drug-likeness (QED) is 0.901. The molecule has 0 spiro atoms. The average molecular weight is 244 g/mol. The summed E-state index contributed by atoms with van der Waals surface area (Å²) in [6.45, 7) is 0.636. The van der Waals surface area contributed by atoms with Crippen LogP contribution in [0.25, 0.3) is 0 Å². The predicted octanol–water partition coefficient (Wildman–Crippen LogP) is 3.22. The predicted molar refractivity (Wildman–Crippen MR) is 67.7 cm³/mol. The third-order valence-corrected chi connectivity index (χ3v) is 2.67. The highest BCUT2D eigenvalue weighted by Crippen LogP contribution is 2.23. The number of nitrogens with zero attached hydrogens (tertiary/aromatic N) is 2. The fourth-order valence-electron chi connectivity index (χ4n) is 1.48. The zero-order valence-corrected chi connectivity index (χ0v) is 9.78. The Morgan fingerprint density at radius 1 is 1.24 bits per heavy atom. The van der Waals surface area contributed by atoms with Crippen LogP contribution in [0.1, 0.15) is 11.1 Å². The van der Waals surface area contributed by atoms with Crippen molar-refractivity contribution in [2.75, 3.05) is 5.32 Å². The van der Waals surface area contributed by atoms with Gasteiger partial charge in [-0.2, -0.15) is 5.26 Å². The van der Waals surface area contributed by atoms with Crippen LogP contribution >= 0.6 is 11.6 Å². The van der Waals surface area contributed by atoms with Gasteiger partial charge in [-0.3, -0.25) is 4.98 Å². The zero-order chi connectivity index (χ0) is 12.1. The molecule has 0 saturated heterocycles. The summed E-state index contributed by atoms with van der Waals surface area (Å²) >= 11 is 5.94. The van der Waals surface area contributed by atoms with Crippen molar-refractivity contribution in [1.82, 2.24) is 4.98 Å². The van der Waals surface area contributed by atoms with Crippen LogP contribution in [0.3, 0.4) is 0 Å². The molecule has 0 fully saturated rings. The van der Waals surface area contributed by atoms with Gasteiger partial charge in [0.25, 0.3) is 0 Å². The van der Waals surface area contributed by atoms with Gasteiger partial charge in [-0.15, -0.1) is 0 Å². The molecule has 0 saturated carbocycles. The molecule has 0 radical (unpaired) electrons. The largest absolute Gasteiger partial charge is 0.380 e. The van der Waals surface area contributed by atoms with Gasteiger partial charge in [0.1, 0.15) is 6.07 Å². The first-order chi connectivity index (χ1) is 8.31. The van der Waals surface area contributed by atoms with Crippen LogP contribution in [0.2, 0.25) is 5.02 Å². The molecule has 1 aromatic carbocycles. The van der Waals surface area contributed by atoms with Gasteiger partial charge in [-0.05, 0) is 29.8 Å². The molecular weight excluding hydrogens is 234 g/mol. The molecule has 1 heterocycles. The smallest absolute Gasteiger partial charge is 0.103 e. The Hall–Kier alpha value is -2.05. The number of halogens is 1. The molecule has 0 atom stereocenters. The molecule has 0 bridgehead atoms. The van der Waals surface area contributed by atoms with Gasteiger partial charge in [-0.1, -0.05) is 17.7 Å². The van der Waals surface area contributed by atoms with Gasteiger partial charge >= 0.3 is 0 Å². The van der Waals surface area contributed by atoms with E-state index in [1.165, 1.54) is 0 Å². The molecule has 1 aromatic heterocycles. The highest BCUT2D eigenvalue weighted by atomic mass is 35.5. The molecule has 4 heteroatoms. The Bertz CT molecular complexity index is 546. The number of nitrogens with one attached hydrogen (secondary N) is 1. The van der Waals surface area contributed by atoms with Gasteiger partial charge < -0.3 is 5.32 Å². The van der Waals surface area contributed by atoms with Crippen LogP contribution in [0.15, 0.2) is 42.7 Å². The molecule has 2 aromatic rings. The number of aromatic nitrogens is 1. The number of pyridine rings is 1. The first-order valence-electron chi connectivity index (χ1n) is 5.12. The molecule has 1 N–H and O–H groups in total. The van der Waals surface area contributed by atoms with Crippen molar-refractivity contribution >= 4 is 17.3 Å². The maximum atomic E-state index is 9.01. The second-order valence-corrected chi connectivity index (χ2v) is 3.89. The van der Waals surface area contributed by atoms with E-state index in [4.69, 9.17) is 16.9 Å². The second kappa shape index (κ2) is 5.33. The lowest BCUT2D eigenvalue weighted by atomic mass is 10.2. The summed E-state index contributed by atoms with van der Waals surface area (Å²) in [7, 11) is 0. The van der Waals surface area contributed by atoms with E-state index >= 15 is 0 Å². The Morgan fingerprint density at radius 3 is 2.71 bits per heavy atom. The number of nitriles is 1. The lowest BCUT2D eigenvalue weighted by Gasteiger charge is -2.08. The minimum atomic E-state index is 0.465. The van der Waals surface area contributed by atoms with Crippen LogP contribution in [-0.4, -0.2) is 4.98 Å². The van der Waals surface area contributed by atoms with Crippen LogP contribution in [-0.2, 0) is 6.54 Å². The van der Waals surface area contributed by atoms with Crippen LogP contribution in [0.4, 0.5) is 5.69 Å². The lowest BCUT2D eigenvalue weighted by Crippen LogP contribution is -2.01. The summed E-state index contributed by atoms with van der Waals surface area (Å²) in [5.74, 6) is 0. The molecule has 0 aliphatic carbocycles. The Kier molecular flexibility index (Phi) is 3.59. The monoisotopic (exact) mass is 243 g/mol. The summed E-state index contributed by atoms with van der Waals surface area (Å²) < 4.78 is 0. The van der Waals surface area contributed by atoms with Crippen LogP contribution in [0.5, 0.6) is 0 Å². The molecule has 17 heavy (non-hydrogen) atoms. The number of hydrogen-bond acceptors (Lipinski definition) is 3. The van der Waals surface area contributed by atoms with E-state index < -0.39 is 0 Å². The molecule has 2 rings (SSSR count). The minimum Gasteiger partial charge on any atom is -0.380 e. The van der Waals surface area contributed by atoms with E-state index in [0.717, 1.165) is 11.3 Å². The van der Waals surface area contributed by atoms with Crippen LogP contribution in [0, 0.1) is 11.3 Å². The first kappa shape index (κ1) is 11.4. The third kappa shape index (κ3) is 2.74. The average Bonchev–Trinajstić information content (AvgIpc) is 2.37. The minimum absolute atomic E-state index is 0.465. The summed E-state index contributed by atoms with van der Waals surface area (Å²) in [5.41, 5.74) is 2.32. The van der Waals surface area contributed by atoms with E-state index in [1.807, 2.05) is 24.3 Å². The van der Waals surface area contributed by atoms with Gasteiger partial charge in [0.05, 0.1) is 16.3 Å². The van der Waals surface area contributed by atoms with Gasteiger partial charge in [0.15, 0.2) is 0 Å². The number of benzene rings is 1.